The van der Waals surface area contributed by atoms with Crippen molar-refractivity contribution in [3.05, 3.63) is 29.6 Å². The number of carbonyl (C=O) groups is 2. The Bertz CT molecular complexity index is 703. The Balaban J connectivity index is 1.88. The van der Waals surface area contributed by atoms with Crippen molar-refractivity contribution in [3.63, 3.8) is 0 Å². The molecule has 1 N–H and O–H groups in total. The summed E-state index contributed by atoms with van der Waals surface area (Å²) in [5.74, 6) is -1.06. The van der Waals surface area contributed by atoms with Crippen LogP contribution in [0.2, 0.25) is 0 Å². The fourth-order valence-electron chi connectivity index (χ4n) is 2.16. The summed E-state index contributed by atoms with van der Waals surface area (Å²) >= 11 is 1.01. The second-order valence-corrected chi connectivity index (χ2v) is 8.40. The first kappa shape index (κ1) is 17.0. The lowest BCUT2D eigenvalue weighted by atomic mass is 10.1. The first-order valence-corrected chi connectivity index (χ1v) is 9.50. The highest BCUT2D eigenvalue weighted by molar-refractivity contribution is 8.00. The molecule has 0 spiro atoms. The number of Topliss-reactive ketones (excluding diaryl/α,β-unsaturated/α-hetero) is 1. The summed E-state index contributed by atoms with van der Waals surface area (Å²) in [7, 11) is -3.04. The summed E-state index contributed by atoms with van der Waals surface area (Å²) in [6, 6.07) is 3.76. The summed E-state index contributed by atoms with van der Waals surface area (Å²) in [4.78, 5) is 23.2. The molecule has 8 heteroatoms. The second-order valence-electron chi connectivity index (χ2n) is 5.16. The standard InChI is InChI=1S/C14H16FNO4S2/c1-9(17)10-2-3-13(12(15)6-10)21-7-14(18)16-11-4-5-22(19,20)8-11/h2-3,6,11H,4-5,7-8H2,1H3,(H,16,18)/t11-/m0/s1. The number of rotatable bonds is 5. The van der Waals surface area contributed by atoms with Gasteiger partial charge in [0.05, 0.1) is 17.3 Å². The van der Waals surface area contributed by atoms with E-state index in [4.69, 9.17) is 0 Å². The van der Waals surface area contributed by atoms with Gasteiger partial charge in [0.2, 0.25) is 5.91 Å². The molecular weight excluding hydrogens is 329 g/mol. The van der Waals surface area contributed by atoms with Crippen LogP contribution in [-0.2, 0) is 14.6 Å². The van der Waals surface area contributed by atoms with Crippen LogP contribution in [-0.4, -0.2) is 43.4 Å². The van der Waals surface area contributed by atoms with Crippen molar-refractivity contribution in [2.75, 3.05) is 17.3 Å². The molecular formula is C14H16FNO4S2. The second kappa shape index (κ2) is 6.78. The minimum Gasteiger partial charge on any atom is -0.352 e. The smallest absolute Gasteiger partial charge is 0.230 e. The van der Waals surface area contributed by atoms with Crippen LogP contribution >= 0.6 is 11.8 Å². The normalized spacial score (nSPS) is 19.8. The van der Waals surface area contributed by atoms with Gasteiger partial charge in [-0.15, -0.1) is 11.8 Å². The van der Waals surface area contributed by atoms with Gasteiger partial charge in [0.1, 0.15) is 5.82 Å². The number of hydrogen-bond acceptors (Lipinski definition) is 5. The van der Waals surface area contributed by atoms with Gasteiger partial charge in [-0.05, 0) is 25.5 Å². The molecule has 0 unspecified atom stereocenters. The predicted molar refractivity (Wildman–Crippen MR) is 82.3 cm³/mol. The van der Waals surface area contributed by atoms with Crippen LogP contribution in [0.3, 0.4) is 0 Å². The SMILES string of the molecule is CC(=O)c1ccc(SCC(=O)N[C@H]2CCS(=O)(=O)C2)c(F)c1. The third-order valence-corrected chi connectivity index (χ3v) is 6.11. The van der Waals surface area contributed by atoms with Crippen LogP contribution in [0.1, 0.15) is 23.7 Å². The number of benzene rings is 1. The van der Waals surface area contributed by atoms with Gasteiger partial charge in [-0.1, -0.05) is 6.07 Å². The molecule has 1 saturated heterocycles. The molecule has 1 aliphatic heterocycles. The van der Waals surface area contributed by atoms with Crippen molar-refractivity contribution in [1.82, 2.24) is 5.32 Å². The summed E-state index contributed by atoms with van der Waals surface area (Å²) in [5, 5.41) is 2.64. The van der Waals surface area contributed by atoms with Crippen LogP contribution in [0.15, 0.2) is 23.1 Å². The maximum atomic E-state index is 13.8. The third-order valence-electron chi connectivity index (χ3n) is 3.29. The minimum absolute atomic E-state index is 0.00706. The topological polar surface area (TPSA) is 80.3 Å². The van der Waals surface area contributed by atoms with Crippen LogP contribution in [0.25, 0.3) is 0 Å². The highest BCUT2D eigenvalue weighted by atomic mass is 32.2. The lowest BCUT2D eigenvalue weighted by Gasteiger charge is -2.10. The molecule has 0 aromatic heterocycles. The van der Waals surface area contributed by atoms with E-state index in [-0.39, 0.29) is 45.4 Å². The largest absolute Gasteiger partial charge is 0.352 e. The maximum Gasteiger partial charge on any atom is 0.230 e. The predicted octanol–water partition coefficient (Wildman–Crippen LogP) is 1.42. The fourth-order valence-corrected chi connectivity index (χ4v) is 4.56. The molecule has 1 amide bonds. The van der Waals surface area contributed by atoms with Gasteiger partial charge in [0, 0.05) is 16.5 Å². The van der Waals surface area contributed by atoms with Crippen molar-refractivity contribution in [1.29, 1.82) is 0 Å². The first-order valence-electron chi connectivity index (χ1n) is 6.70. The first-order chi connectivity index (χ1) is 10.3. The number of halogens is 1. The van der Waals surface area contributed by atoms with Crippen LogP contribution in [0.5, 0.6) is 0 Å². The van der Waals surface area contributed by atoms with Crippen LogP contribution in [0, 0.1) is 5.82 Å². The van der Waals surface area contributed by atoms with Crippen molar-refractivity contribution in [3.8, 4) is 0 Å². The molecule has 1 aliphatic rings. The maximum absolute atomic E-state index is 13.8. The Morgan fingerprint density at radius 3 is 2.68 bits per heavy atom. The Kier molecular flexibility index (Phi) is 5.23. The van der Waals surface area contributed by atoms with E-state index in [0.717, 1.165) is 17.8 Å². The Hall–Kier alpha value is -1.41. The molecule has 0 bridgehead atoms. The zero-order chi connectivity index (χ0) is 16.3. The summed E-state index contributed by atoms with van der Waals surface area (Å²) in [6.07, 6.45) is 0.417. The number of carbonyl (C=O) groups excluding carboxylic acids is 2. The van der Waals surface area contributed by atoms with E-state index in [9.17, 15) is 22.4 Å². The molecule has 0 radical (unpaired) electrons. The molecule has 1 aromatic carbocycles. The fraction of sp³-hybridized carbons (Fsp3) is 0.429. The number of thioether (sulfide) groups is 1. The van der Waals surface area contributed by atoms with Gasteiger partial charge in [0.25, 0.3) is 0 Å². The minimum atomic E-state index is -3.04. The molecule has 1 heterocycles. The van der Waals surface area contributed by atoms with Gasteiger partial charge >= 0.3 is 0 Å². The Morgan fingerprint density at radius 2 is 2.14 bits per heavy atom. The number of amides is 1. The average molecular weight is 345 g/mol. The van der Waals surface area contributed by atoms with E-state index in [1.54, 1.807) is 0 Å². The van der Waals surface area contributed by atoms with Gasteiger partial charge < -0.3 is 5.32 Å². The van der Waals surface area contributed by atoms with E-state index >= 15 is 0 Å². The van der Waals surface area contributed by atoms with Crippen molar-refractivity contribution in [2.24, 2.45) is 0 Å². The van der Waals surface area contributed by atoms with Gasteiger partial charge in [0.15, 0.2) is 15.6 Å². The molecule has 1 aromatic rings. The van der Waals surface area contributed by atoms with Gasteiger partial charge in [-0.2, -0.15) is 0 Å². The van der Waals surface area contributed by atoms with E-state index < -0.39 is 15.7 Å². The van der Waals surface area contributed by atoms with E-state index in [1.165, 1.54) is 19.1 Å². The van der Waals surface area contributed by atoms with E-state index in [0.29, 0.717) is 6.42 Å². The summed E-state index contributed by atoms with van der Waals surface area (Å²) < 4.78 is 36.4. The lowest BCUT2D eigenvalue weighted by molar-refractivity contribution is -0.119. The van der Waals surface area contributed by atoms with Gasteiger partial charge in [-0.25, -0.2) is 12.8 Å². The number of sulfone groups is 1. The highest BCUT2D eigenvalue weighted by Gasteiger charge is 2.28. The number of nitrogens with one attached hydrogen (secondary N) is 1. The zero-order valence-electron chi connectivity index (χ0n) is 12.0. The molecule has 5 nitrogen and oxygen atoms in total. The quantitative estimate of drug-likeness (QED) is 0.645. The average Bonchev–Trinajstić information content (AvgIpc) is 2.76. The third kappa shape index (κ3) is 4.54. The Labute approximate surface area is 132 Å². The van der Waals surface area contributed by atoms with E-state index in [1.807, 2.05) is 0 Å². The van der Waals surface area contributed by atoms with Crippen LogP contribution in [0.4, 0.5) is 4.39 Å². The number of ketones is 1. The highest BCUT2D eigenvalue weighted by Crippen LogP contribution is 2.23. The van der Waals surface area contributed by atoms with E-state index in [2.05, 4.69) is 5.32 Å². The Morgan fingerprint density at radius 1 is 1.41 bits per heavy atom. The van der Waals surface area contributed by atoms with Crippen molar-refractivity contribution in [2.45, 2.75) is 24.3 Å². The monoisotopic (exact) mass is 345 g/mol. The molecule has 1 atom stereocenters. The molecule has 2 rings (SSSR count). The zero-order valence-corrected chi connectivity index (χ0v) is 13.6. The molecule has 120 valence electrons. The molecule has 1 fully saturated rings. The number of hydrogen-bond donors (Lipinski definition) is 1. The van der Waals surface area contributed by atoms with Crippen molar-refractivity contribution >= 4 is 33.3 Å². The summed E-state index contributed by atoms with van der Waals surface area (Å²) in [5.41, 5.74) is 0.280. The van der Waals surface area contributed by atoms with Crippen LogP contribution < -0.4 is 5.32 Å². The van der Waals surface area contributed by atoms with Gasteiger partial charge in [-0.3, -0.25) is 9.59 Å². The molecule has 0 aliphatic carbocycles. The lowest BCUT2D eigenvalue weighted by Crippen LogP contribution is -2.36. The molecule has 22 heavy (non-hydrogen) atoms. The van der Waals surface area contributed by atoms with Crippen molar-refractivity contribution < 1.29 is 22.4 Å². The molecule has 0 saturated carbocycles. The summed E-state index contributed by atoms with van der Waals surface area (Å²) in [6.45, 7) is 1.35.